The minimum absolute atomic E-state index is 0.0245. The van der Waals surface area contributed by atoms with Crippen LogP contribution >= 0.6 is 0 Å². The summed E-state index contributed by atoms with van der Waals surface area (Å²) >= 11 is 0. The number of rotatable bonds is 4. The van der Waals surface area contributed by atoms with E-state index in [9.17, 15) is 9.59 Å². The van der Waals surface area contributed by atoms with Crippen molar-refractivity contribution in [2.24, 2.45) is 11.5 Å². The molecule has 1 rings (SSSR count). The maximum Gasteiger partial charge on any atom is 0.404 e. The average Bonchev–Trinajstić information content (AvgIpc) is 2.41. The molecule has 0 saturated carbocycles. The van der Waals surface area contributed by atoms with Crippen LogP contribution in [0.5, 0.6) is 0 Å². The third kappa shape index (κ3) is 5.00. The highest BCUT2D eigenvalue weighted by atomic mass is 16.5. The second-order valence-electron chi connectivity index (χ2n) is 3.98. The molecule has 0 unspecified atom stereocenters. The second-order valence-corrected chi connectivity index (χ2v) is 3.98. The summed E-state index contributed by atoms with van der Waals surface area (Å²) in [6, 6.07) is 5.38. The zero-order valence-corrected chi connectivity index (χ0v) is 11.2. The molecule has 1 aromatic carbocycles. The molecule has 2 amide bonds. The zero-order chi connectivity index (χ0) is 15.0. The molecule has 0 aliphatic carbocycles. The van der Waals surface area contributed by atoms with Crippen LogP contribution in [0.25, 0.3) is 0 Å². The zero-order valence-electron chi connectivity index (χ0n) is 11.2. The molecule has 6 heteroatoms. The Bertz CT molecular complexity index is 559. The Labute approximate surface area is 117 Å². The SMILES string of the molecule is Cc1ccc(C#CCN)c(C(=O)NCCOC(N)=O)c1. The molecule has 20 heavy (non-hydrogen) atoms. The summed E-state index contributed by atoms with van der Waals surface area (Å²) in [5, 5.41) is 2.63. The smallest absolute Gasteiger partial charge is 0.404 e. The molecule has 0 atom stereocenters. The first-order valence-corrected chi connectivity index (χ1v) is 6.04. The lowest BCUT2D eigenvalue weighted by atomic mass is 10.0. The van der Waals surface area contributed by atoms with Gasteiger partial charge in [0.25, 0.3) is 5.91 Å². The molecule has 0 spiro atoms. The lowest BCUT2D eigenvalue weighted by Crippen LogP contribution is -2.29. The van der Waals surface area contributed by atoms with Crippen LogP contribution in [0, 0.1) is 18.8 Å². The summed E-state index contributed by atoms with van der Waals surface area (Å²) in [7, 11) is 0. The summed E-state index contributed by atoms with van der Waals surface area (Å²) in [5.41, 5.74) is 12.2. The van der Waals surface area contributed by atoms with Gasteiger partial charge in [0.2, 0.25) is 0 Å². The van der Waals surface area contributed by atoms with Crippen molar-refractivity contribution >= 4 is 12.0 Å². The van der Waals surface area contributed by atoms with Crippen molar-refractivity contribution < 1.29 is 14.3 Å². The van der Waals surface area contributed by atoms with Gasteiger partial charge < -0.3 is 21.5 Å². The van der Waals surface area contributed by atoms with Gasteiger partial charge in [0.1, 0.15) is 6.61 Å². The van der Waals surface area contributed by atoms with Crippen LogP contribution in [0.1, 0.15) is 21.5 Å². The molecule has 6 nitrogen and oxygen atoms in total. The van der Waals surface area contributed by atoms with E-state index in [1.165, 1.54) is 0 Å². The molecule has 0 saturated heterocycles. The molecule has 0 heterocycles. The third-order valence-electron chi connectivity index (χ3n) is 2.38. The first kappa shape index (κ1) is 15.5. The summed E-state index contributed by atoms with van der Waals surface area (Å²) in [4.78, 5) is 22.4. The van der Waals surface area contributed by atoms with Crippen LogP contribution in [-0.4, -0.2) is 31.7 Å². The first-order chi connectivity index (χ1) is 9.54. The molecule has 0 aliphatic rings. The molecule has 106 valence electrons. The molecule has 0 fully saturated rings. The summed E-state index contributed by atoms with van der Waals surface area (Å²) in [5.74, 6) is 5.27. The average molecular weight is 275 g/mol. The monoisotopic (exact) mass is 275 g/mol. The summed E-state index contributed by atoms with van der Waals surface area (Å²) in [6.45, 7) is 2.31. The first-order valence-electron chi connectivity index (χ1n) is 6.04. The Morgan fingerprint density at radius 1 is 1.40 bits per heavy atom. The lowest BCUT2D eigenvalue weighted by Gasteiger charge is -2.08. The van der Waals surface area contributed by atoms with Gasteiger partial charge in [-0.3, -0.25) is 4.79 Å². The molecule has 0 bridgehead atoms. The number of nitrogens with one attached hydrogen (secondary N) is 1. The number of amides is 2. The number of aryl methyl sites for hydroxylation is 1. The molecular weight excluding hydrogens is 258 g/mol. The fourth-order valence-corrected chi connectivity index (χ4v) is 1.51. The molecule has 0 aliphatic heterocycles. The van der Waals surface area contributed by atoms with Gasteiger partial charge >= 0.3 is 6.09 Å². The number of primary amides is 1. The fourth-order valence-electron chi connectivity index (χ4n) is 1.51. The van der Waals surface area contributed by atoms with Gasteiger partial charge in [-0.25, -0.2) is 4.79 Å². The van der Waals surface area contributed by atoms with E-state index in [1.807, 2.05) is 13.0 Å². The quantitative estimate of drug-likeness (QED) is 0.536. The van der Waals surface area contributed by atoms with Crippen LogP contribution in [-0.2, 0) is 4.74 Å². The standard InChI is InChI=1S/C14H17N3O3/c1-10-4-5-11(3-2-6-15)12(9-10)13(18)17-7-8-20-14(16)19/h4-5,9H,6-8,15H2,1H3,(H2,16,19)(H,17,18). The van der Waals surface area contributed by atoms with E-state index in [-0.39, 0.29) is 25.6 Å². The minimum atomic E-state index is -0.871. The van der Waals surface area contributed by atoms with Gasteiger partial charge in [-0.05, 0) is 19.1 Å². The Kier molecular flexibility index (Phi) is 6.07. The molecular formula is C14H17N3O3. The predicted molar refractivity (Wildman–Crippen MR) is 75.0 cm³/mol. The molecule has 5 N–H and O–H groups in total. The summed E-state index contributed by atoms with van der Waals surface area (Å²) < 4.78 is 4.53. The highest BCUT2D eigenvalue weighted by Gasteiger charge is 2.10. The van der Waals surface area contributed by atoms with Crippen LogP contribution in [0.3, 0.4) is 0 Å². The van der Waals surface area contributed by atoms with Gasteiger partial charge in [-0.2, -0.15) is 0 Å². The number of hydrogen-bond donors (Lipinski definition) is 3. The Morgan fingerprint density at radius 2 is 2.15 bits per heavy atom. The summed E-state index contributed by atoms with van der Waals surface area (Å²) in [6.07, 6.45) is -0.871. The fraction of sp³-hybridized carbons (Fsp3) is 0.286. The Balaban J connectivity index is 2.75. The van der Waals surface area contributed by atoms with E-state index in [1.54, 1.807) is 12.1 Å². The molecule has 0 radical (unpaired) electrons. The van der Waals surface area contributed by atoms with Crippen molar-refractivity contribution in [3.05, 3.63) is 34.9 Å². The van der Waals surface area contributed by atoms with Crippen molar-refractivity contribution in [1.82, 2.24) is 5.32 Å². The predicted octanol–water partition coefficient (Wildman–Crippen LogP) is 0.130. The van der Waals surface area contributed by atoms with Gasteiger partial charge in [0.05, 0.1) is 18.7 Å². The van der Waals surface area contributed by atoms with Gasteiger partial charge in [-0.1, -0.05) is 23.5 Å². The number of carbonyl (C=O) groups excluding carboxylic acids is 2. The van der Waals surface area contributed by atoms with Crippen molar-refractivity contribution in [2.45, 2.75) is 6.92 Å². The number of ether oxygens (including phenoxy) is 1. The maximum absolute atomic E-state index is 12.0. The van der Waals surface area contributed by atoms with Crippen LogP contribution in [0.2, 0.25) is 0 Å². The largest absolute Gasteiger partial charge is 0.448 e. The lowest BCUT2D eigenvalue weighted by molar-refractivity contribution is 0.0936. The Morgan fingerprint density at radius 3 is 2.80 bits per heavy atom. The topological polar surface area (TPSA) is 107 Å². The van der Waals surface area contributed by atoms with E-state index in [0.29, 0.717) is 11.1 Å². The highest BCUT2D eigenvalue weighted by molar-refractivity contribution is 5.97. The van der Waals surface area contributed by atoms with Gasteiger partial charge in [0, 0.05) is 5.56 Å². The molecule has 1 aromatic rings. The van der Waals surface area contributed by atoms with E-state index in [0.717, 1.165) is 5.56 Å². The molecule has 0 aromatic heterocycles. The van der Waals surface area contributed by atoms with Crippen molar-refractivity contribution in [3.8, 4) is 11.8 Å². The number of benzene rings is 1. The van der Waals surface area contributed by atoms with E-state index in [2.05, 4.69) is 21.9 Å². The maximum atomic E-state index is 12.0. The van der Waals surface area contributed by atoms with Crippen molar-refractivity contribution in [3.63, 3.8) is 0 Å². The Hall–Kier alpha value is -2.52. The number of carbonyl (C=O) groups is 2. The second kappa shape index (κ2) is 7.81. The highest BCUT2D eigenvalue weighted by Crippen LogP contribution is 2.10. The van der Waals surface area contributed by atoms with Crippen molar-refractivity contribution in [1.29, 1.82) is 0 Å². The number of hydrogen-bond acceptors (Lipinski definition) is 4. The van der Waals surface area contributed by atoms with E-state index < -0.39 is 6.09 Å². The third-order valence-corrected chi connectivity index (χ3v) is 2.38. The van der Waals surface area contributed by atoms with Gasteiger partial charge in [-0.15, -0.1) is 0 Å². The van der Waals surface area contributed by atoms with Crippen LogP contribution in [0.15, 0.2) is 18.2 Å². The van der Waals surface area contributed by atoms with Crippen molar-refractivity contribution in [2.75, 3.05) is 19.7 Å². The van der Waals surface area contributed by atoms with Crippen LogP contribution in [0.4, 0.5) is 4.79 Å². The number of nitrogens with two attached hydrogens (primary N) is 2. The van der Waals surface area contributed by atoms with E-state index in [4.69, 9.17) is 11.5 Å². The van der Waals surface area contributed by atoms with E-state index >= 15 is 0 Å². The normalized spacial score (nSPS) is 9.30. The minimum Gasteiger partial charge on any atom is -0.448 e. The van der Waals surface area contributed by atoms with Crippen LogP contribution < -0.4 is 16.8 Å². The van der Waals surface area contributed by atoms with Gasteiger partial charge in [0.15, 0.2) is 0 Å².